The van der Waals surface area contributed by atoms with E-state index >= 15 is 0 Å². The highest BCUT2D eigenvalue weighted by atomic mass is 32.1. The molecule has 124 valence electrons. The number of H-pyrrole nitrogens is 2. The van der Waals surface area contributed by atoms with Gasteiger partial charge in [-0.1, -0.05) is 55.5 Å². The molecule has 0 saturated heterocycles. The Morgan fingerprint density at radius 3 is 2.80 bits per heavy atom. The Hall–Kier alpha value is -2.99. The average Bonchev–Trinajstić information content (AvgIpc) is 3.24. The summed E-state index contributed by atoms with van der Waals surface area (Å²) in [6.07, 6.45) is 4.77. The molecule has 2 aromatic heterocycles. The van der Waals surface area contributed by atoms with Crippen LogP contribution in [0.4, 0.5) is 0 Å². The fourth-order valence-corrected chi connectivity index (χ4v) is 3.11. The predicted molar refractivity (Wildman–Crippen MR) is 104 cm³/mol. The van der Waals surface area contributed by atoms with Crippen molar-refractivity contribution in [3.05, 3.63) is 70.6 Å². The minimum absolute atomic E-state index is 0.462. The molecule has 0 saturated carbocycles. The topological polar surface area (TPSA) is 61.8 Å². The lowest BCUT2D eigenvalue weighted by Crippen LogP contribution is -1.94. The van der Waals surface area contributed by atoms with E-state index < -0.39 is 0 Å². The van der Waals surface area contributed by atoms with Gasteiger partial charge in [-0.05, 0) is 24.2 Å². The van der Waals surface area contributed by atoms with Gasteiger partial charge in [0.1, 0.15) is 0 Å². The first kappa shape index (κ1) is 15.5. The van der Waals surface area contributed by atoms with Crippen molar-refractivity contribution in [3.8, 4) is 11.4 Å². The molecular formula is C19H17N5S. The van der Waals surface area contributed by atoms with E-state index in [4.69, 9.17) is 12.2 Å². The first-order valence-corrected chi connectivity index (χ1v) is 8.55. The van der Waals surface area contributed by atoms with Gasteiger partial charge in [0.05, 0.1) is 6.21 Å². The smallest absolute Gasteiger partial charge is 0.216 e. The number of para-hydroxylation sites is 1. The molecule has 0 atom stereocenters. The molecule has 0 spiro atoms. The van der Waals surface area contributed by atoms with Crippen LogP contribution in [0.25, 0.3) is 22.3 Å². The highest BCUT2D eigenvalue weighted by molar-refractivity contribution is 7.71. The second-order valence-electron chi connectivity index (χ2n) is 5.71. The van der Waals surface area contributed by atoms with Crippen LogP contribution in [0.1, 0.15) is 18.1 Å². The van der Waals surface area contributed by atoms with E-state index in [1.165, 1.54) is 5.56 Å². The van der Waals surface area contributed by atoms with E-state index in [0.717, 1.165) is 28.5 Å². The van der Waals surface area contributed by atoms with Gasteiger partial charge in [0.2, 0.25) is 4.77 Å². The maximum Gasteiger partial charge on any atom is 0.216 e. The second kappa shape index (κ2) is 6.49. The summed E-state index contributed by atoms with van der Waals surface area (Å²) in [7, 11) is 0. The zero-order valence-electron chi connectivity index (χ0n) is 13.7. The normalized spacial score (nSPS) is 11.6. The summed E-state index contributed by atoms with van der Waals surface area (Å²) in [6, 6.07) is 16.2. The van der Waals surface area contributed by atoms with Gasteiger partial charge in [0, 0.05) is 28.2 Å². The molecule has 5 nitrogen and oxygen atoms in total. The number of nitrogens with zero attached hydrogens (tertiary/aromatic N) is 3. The van der Waals surface area contributed by atoms with Crippen LogP contribution in [-0.4, -0.2) is 26.1 Å². The summed E-state index contributed by atoms with van der Waals surface area (Å²) in [6.45, 7) is 2.15. The van der Waals surface area contributed by atoms with Crippen LogP contribution >= 0.6 is 12.2 Å². The summed E-state index contributed by atoms with van der Waals surface area (Å²) in [4.78, 5) is 3.35. The molecule has 0 amide bonds. The maximum atomic E-state index is 5.33. The van der Waals surface area contributed by atoms with E-state index in [2.05, 4.69) is 45.4 Å². The molecule has 0 aliphatic heterocycles. The molecule has 2 aromatic carbocycles. The number of hydrogen-bond donors (Lipinski definition) is 2. The first-order chi connectivity index (χ1) is 12.3. The molecule has 0 aliphatic carbocycles. The third kappa shape index (κ3) is 2.81. The van der Waals surface area contributed by atoms with Crippen LogP contribution in [0.15, 0.2) is 59.8 Å². The Kier molecular flexibility index (Phi) is 4.03. The Morgan fingerprint density at radius 2 is 2.00 bits per heavy atom. The van der Waals surface area contributed by atoms with Crippen LogP contribution in [0.5, 0.6) is 0 Å². The summed E-state index contributed by atoms with van der Waals surface area (Å²) < 4.78 is 2.11. The lowest BCUT2D eigenvalue weighted by atomic mass is 10.1. The fraction of sp³-hybridized carbons (Fsp3) is 0.105. The molecule has 0 bridgehead atoms. The SMILES string of the molecule is CCc1cccc2c(/C=N/n3c(-c4ccccc4)n[nH]c3=S)c[nH]c12. The summed E-state index contributed by atoms with van der Waals surface area (Å²) in [5, 5.41) is 12.8. The fourth-order valence-electron chi connectivity index (χ4n) is 2.93. The van der Waals surface area contributed by atoms with Crippen molar-refractivity contribution in [2.75, 3.05) is 0 Å². The number of benzene rings is 2. The molecular weight excluding hydrogens is 330 g/mol. The molecule has 0 radical (unpaired) electrons. The Balaban J connectivity index is 1.77. The van der Waals surface area contributed by atoms with Gasteiger partial charge in [-0.15, -0.1) is 0 Å². The Labute approximate surface area is 150 Å². The molecule has 4 rings (SSSR count). The van der Waals surface area contributed by atoms with Gasteiger partial charge in [-0.3, -0.25) is 0 Å². The second-order valence-corrected chi connectivity index (χ2v) is 6.10. The number of fused-ring (bicyclic) bond motifs is 1. The van der Waals surface area contributed by atoms with Crippen molar-refractivity contribution in [1.82, 2.24) is 19.9 Å². The Bertz CT molecular complexity index is 1100. The van der Waals surface area contributed by atoms with Crippen LogP contribution < -0.4 is 0 Å². The van der Waals surface area contributed by atoms with Crippen LogP contribution in [0, 0.1) is 4.77 Å². The number of aryl methyl sites for hydroxylation is 1. The maximum absolute atomic E-state index is 5.33. The standard InChI is InChI=1S/C19H17N5S/c1-2-13-9-6-10-16-15(11-20-17(13)16)12-21-24-18(22-23-19(24)25)14-7-4-3-5-8-14/h3-12,20H,2H2,1H3,(H,23,25)/b21-12+. The van der Waals surface area contributed by atoms with Gasteiger partial charge in [-0.25, -0.2) is 5.10 Å². The summed E-state index contributed by atoms with van der Waals surface area (Å²) in [5.41, 5.74) is 4.43. The molecule has 0 fully saturated rings. The highest BCUT2D eigenvalue weighted by Crippen LogP contribution is 2.21. The van der Waals surface area contributed by atoms with Crippen molar-refractivity contribution in [3.63, 3.8) is 0 Å². The molecule has 2 heterocycles. The number of aromatic amines is 2. The average molecular weight is 347 g/mol. The number of aromatic nitrogens is 4. The molecule has 25 heavy (non-hydrogen) atoms. The zero-order valence-corrected chi connectivity index (χ0v) is 14.5. The summed E-state index contributed by atoms with van der Waals surface area (Å²) >= 11 is 5.33. The molecule has 2 N–H and O–H groups in total. The summed E-state index contributed by atoms with van der Waals surface area (Å²) in [5.74, 6) is 0.691. The lowest BCUT2D eigenvalue weighted by molar-refractivity contribution is 0.872. The number of nitrogens with one attached hydrogen (secondary N) is 2. The predicted octanol–water partition coefficient (Wildman–Crippen LogP) is 4.53. The molecule has 0 aliphatic rings. The number of rotatable bonds is 4. The minimum atomic E-state index is 0.462. The largest absolute Gasteiger partial charge is 0.360 e. The number of hydrogen-bond acceptors (Lipinski definition) is 3. The Morgan fingerprint density at radius 1 is 1.16 bits per heavy atom. The van der Waals surface area contributed by atoms with Gasteiger partial charge >= 0.3 is 0 Å². The van der Waals surface area contributed by atoms with Crippen LogP contribution in [0.3, 0.4) is 0 Å². The molecule has 0 unspecified atom stereocenters. The van der Waals surface area contributed by atoms with Crippen molar-refractivity contribution >= 4 is 29.3 Å². The van der Waals surface area contributed by atoms with Crippen molar-refractivity contribution in [2.24, 2.45) is 5.10 Å². The minimum Gasteiger partial charge on any atom is -0.360 e. The quantitative estimate of drug-likeness (QED) is 0.421. The zero-order chi connectivity index (χ0) is 17.2. The van der Waals surface area contributed by atoms with Gasteiger partial charge in [-0.2, -0.15) is 14.9 Å². The molecule has 4 aromatic rings. The lowest BCUT2D eigenvalue weighted by Gasteiger charge is -2.01. The van der Waals surface area contributed by atoms with E-state index in [1.807, 2.05) is 42.7 Å². The van der Waals surface area contributed by atoms with E-state index in [-0.39, 0.29) is 0 Å². The van der Waals surface area contributed by atoms with Gasteiger partial charge in [0.25, 0.3) is 0 Å². The third-order valence-corrected chi connectivity index (χ3v) is 4.47. The monoisotopic (exact) mass is 347 g/mol. The van der Waals surface area contributed by atoms with Crippen molar-refractivity contribution in [2.45, 2.75) is 13.3 Å². The highest BCUT2D eigenvalue weighted by Gasteiger charge is 2.08. The van der Waals surface area contributed by atoms with E-state index in [9.17, 15) is 0 Å². The van der Waals surface area contributed by atoms with Crippen molar-refractivity contribution in [1.29, 1.82) is 0 Å². The third-order valence-electron chi connectivity index (χ3n) is 4.21. The van der Waals surface area contributed by atoms with Crippen LogP contribution in [-0.2, 0) is 6.42 Å². The molecule has 6 heteroatoms. The van der Waals surface area contributed by atoms with Crippen LogP contribution in [0.2, 0.25) is 0 Å². The van der Waals surface area contributed by atoms with Gasteiger partial charge < -0.3 is 4.98 Å². The van der Waals surface area contributed by atoms with Gasteiger partial charge in [0.15, 0.2) is 5.82 Å². The van der Waals surface area contributed by atoms with E-state index in [0.29, 0.717) is 10.6 Å². The van der Waals surface area contributed by atoms with Crippen molar-refractivity contribution < 1.29 is 0 Å². The van der Waals surface area contributed by atoms with E-state index in [1.54, 1.807) is 4.68 Å². The first-order valence-electron chi connectivity index (χ1n) is 8.14.